The van der Waals surface area contributed by atoms with Gasteiger partial charge in [-0.25, -0.2) is 4.79 Å². The fourth-order valence-corrected chi connectivity index (χ4v) is 2.63. The number of rotatable bonds is 5. The molecule has 0 radical (unpaired) electrons. The van der Waals surface area contributed by atoms with Crippen molar-refractivity contribution in [2.75, 3.05) is 44.6 Å². The molecule has 2 rings (SSSR count). The van der Waals surface area contributed by atoms with Gasteiger partial charge in [0.15, 0.2) is 0 Å². The topological polar surface area (TPSA) is 85.7 Å². The van der Waals surface area contributed by atoms with Crippen molar-refractivity contribution in [3.8, 4) is 6.07 Å². The molecule has 1 aliphatic heterocycles. The summed E-state index contributed by atoms with van der Waals surface area (Å²) < 4.78 is 5.27. The van der Waals surface area contributed by atoms with Gasteiger partial charge in [0.2, 0.25) is 5.91 Å². The first-order valence-corrected chi connectivity index (χ1v) is 8.93. The molecule has 1 aromatic rings. The van der Waals surface area contributed by atoms with Gasteiger partial charge >= 0.3 is 6.09 Å². The molecule has 0 unspecified atom stereocenters. The second-order valence-electron chi connectivity index (χ2n) is 6.73. The third-order valence-corrected chi connectivity index (χ3v) is 4.10. The van der Waals surface area contributed by atoms with Crippen LogP contribution in [-0.4, -0.2) is 61.1 Å². The van der Waals surface area contributed by atoms with E-state index in [9.17, 15) is 9.59 Å². The van der Waals surface area contributed by atoms with Crippen LogP contribution in [-0.2, 0) is 9.53 Å². The van der Waals surface area contributed by atoms with Crippen LogP contribution in [0.5, 0.6) is 0 Å². The van der Waals surface area contributed by atoms with Crippen LogP contribution in [0.3, 0.4) is 0 Å². The average molecular weight is 358 g/mol. The minimum absolute atomic E-state index is 0.00763. The molecule has 0 aliphatic carbocycles. The largest absolute Gasteiger partial charge is 0.449 e. The first-order valence-electron chi connectivity index (χ1n) is 8.93. The molecule has 140 valence electrons. The summed E-state index contributed by atoms with van der Waals surface area (Å²) in [6.07, 6.45) is 0.433. The number of nitrogens with zero attached hydrogens (tertiary/aromatic N) is 3. The van der Waals surface area contributed by atoms with E-state index < -0.39 is 0 Å². The Kier molecular flexibility index (Phi) is 7.27. The van der Waals surface area contributed by atoms with Gasteiger partial charge in [0.25, 0.3) is 0 Å². The van der Waals surface area contributed by atoms with E-state index in [0.717, 1.165) is 12.1 Å². The van der Waals surface area contributed by atoms with Crippen molar-refractivity contribution in [1.82, 2.24) is 9.80 Å². The first kappa shape index (κ1) is 19.6. The second kappa shape index (κ2) is 9.66. The molecular formula is C19H26N4O3. The number of nitriles is 1. The molecule has 0 saturated carbocycles. The highest BCUT2D eigenvalue weighted by Gasteiger charge is 2.22. The van der Waals surface area contributed by atoms with Crippen LogP contribution >= 0.6 is 0 Å². The van der Waals surface area contributed by atoms with Gasteiger partial charge in [-0.05, 0) is 36.6 Å². The number of nitrogens with one attached hydrogen (secondary N) is 1. The highest BCUT2D eigenvalue weighted by atomic mass is 16.6. The van der Waals surface area contributed by atoms with Crippen LogP contribution in [0.1, 0.15) is 25.8 Å². The number of carbonyl (C=O) groups excluding carboxylic acids is 2. The monoisotopic (exact) mass is 358 g/mol. The van der Waals surface area contributed by atoms with Crippen molar-refractivity contribution in [1.29, 1.82) is 5.26 Å². The van der Waals surface area contributed by atoms with Gasteiger partial charge in [-0.1, -0.05) is 13.8 Å². The molecule has 1 saturated heterocycles. The van der Waals surface area contributed by atoms with Crippen molar-refractivity contribution in [2.24, 2.45) is 5.92 Å². The summed E-state index contributed by atoms with van der Waals surface area (Å²) in [4.78, 5) is 27.9. The molecule has 1 aliphatic rings. The Morgan fingerprint density at radius 2 is 1.81 bits per heavy atom. The van der Waals surface area contributed by atoms with Gasteiger partial charge in [-0.3, -0.25) is 4.79 Å². The smallest absolute Gasteiger partial charge is 0.409 e. The Bertz CT molecular complexity index is 652. The third kappa shape index (κ3) is 5.96. The number of hydrogen-bond donors (Lipinski definition) is 1. The molecule has 1 fully saturated rings. The van der Waals surface area contributed by atoms with E-state index in [1.165, 1.54) is 0 Å². The molecule has 2 amide bonds. The lowest BCUT2D eigenvalue weighted by atomic mass is 10.2. The van der Waals surface area contributed by atoms with Crippen LogP contribution in [0.15, 0.2) is 24.3 Å². The third-order valence-electron chi connectivity index (χ3n) is 4.10. The quantitative estimate of drug-likeness (QED) is 0.873. The van der Waals surface area contributed by atoms with E-state index in [-0.39, 0.29) is 18.5 Å². The first-order chi connectivity index (χ1) is 12.5. The van der Waals surface area contributed by atoms with Gasteiger partial charge in [0.1, 0.15) is 0 Å². The summed E-state index contributed by atoms with van der Waals surface area (Å²) in [5.74, 6) is 0.295. The zero-order valence-corrected chi connectivity index (χ0v) is 15.4. The van der Waals surface area contributed by atoms with Crippen LogP contribution < -0.4 is 5.32 Å². The summed E-state index contributed by atoms with van der Waals surface area (Å²) in [7, 11) is 0. The SMILES string of the molecule is CC(C)COC(=O)N1CCCN(C(=O)CNc2ccc(C#N)cc2)CC1. The van der Waals surface area contributed by atoms with Crippen molar-refractivity contribution >= 4 is 17.7 Å². The van der Waals surface area contributed by atoms with Crippen LogP contribution in [0.2, 0.25) is 0 Å². The van der Waals surface area contributed by atoms with E-state index >= 15 is 0 Å². The highest BCUT2D eigenvalue weighted by Crippen LogP contribution is 2.10. The van der Waals surface area contributed by atoms with E-state index in [0.29, 0.717) is 44.3 Å². The Labute approximate surface area is 154 Å². The normalized spacial score (nSPS) is 14.5. The van der Waals surface area contributed by atoms with Crippen LogP contribution in [0, 0.1) is 17.2 Å². The summed E-state index contributed by atoms with van der Waals surface area (Å²) in [5, 5.41) is 11.9. The maximum Gasteiger partial charge on any atom is 0.409 e. The molecular weight excluding hydrogens is 332 g/mol. The number of hydrogen-bond acceptors (Lipinski definition) is 5. The standard InChI is InChI=1S/C19H26N4O3/c1-15(2)14-26-19(25)23-9-3-8-22(10-11-23)18(24)13-21-17-6-4-16(12-20)5-7-17/h4-7,15,21H,3,8-11,13-14H2,1-2H3. The molecule has 0 bridgehead atoms. The summed E-state index contributed by atoms with van der Waals surface area (Å²) >= 11 is 0. The lowest BCUT2D eigenvalue weighted by Crippen LogP contribution is -2.39. The lowest BCUT2D eigenvalue weighted by Gasteiger charge is -2.22. The molecule has 1 heterocycles. The molecule has 0 atom stereocenters. The minimum atomic E-state index is -0.302. The van der Waals surface area contributed by atoms with E-state index in [2.05, 4.69) is 11.4 Å². The molecule has 0 aromatic heterocycles. The fourth-order valence-electron chi connectivity index (χ4n) is 2.63. The molecule has 26 heavy (non-hydrogen) atoms. The maximum atomic E-state index is 12.4. The van der Waals surface area contributed by atoms with Gasteiger partial charge in [0, 0.05) is 31.9 Å². The minimum Gasteiger partial charge on any atom is -0.449 e. The second-order valence-corrected chi connectivity index (χ2v) is 6.73. The van der Waals surface area contributed by atoms with Crippen molar-refractivity contribution in [2.45, 2.75) is 20.3 Å². The van der Waals surface area contributed by atoms with Crippen molar-refractivity contribution in [3.63, 3.8) is 0 Å². The average Bonchev–Trinajstić information content (AvgIpc) is 2.91. The van der Waals surface area contributed by atoms with Gasteiger partial charge in [-0.2, -0.15) is 5.26 Å². The van der Waals surface area contributed by atoms with Crippen LogP contribution in [0.4, 0.5) is 10.5 Å². The predicted octanol–water partition coefficient (Wildman–Crippen LogP) is 2.30. The van der Waals surface area contributed by atoms with E-state index in [1.54, 1.807) is 34.1 Å². The number of amides is 2. The Hall–Kier alpha value is -2.75. The fraction of sp³-hybridized carbons (Fsp3) is 0.526. The van der Waals surface area contributed by atoms with E-state index in [4.69, 9.17) is 10.00 Å². The number of ether oxygens (including phenoxy) is 1. The molecule has 7 heteroatoms. The van der Waals surface area contributed by atoms with Crippen molar-refractivity contribution in [3.05, 3.63) is 29.8 Å². The Balaban J connectivity index is 1.79. The van der Waals surface area contributed by atoms with Gasteiger partial charge in [0.05, 0.1) is 24.8 Å². The molecule has 0 spiro atoms. The summed E-state index contributed by atoms with van der Waals surface area (Å²) in [6, 6.07) is 9.03. The molecule has 1 N–H and O–H groups in total. The zero-order valence-electron chi connectivity index (χ0n) is 15.4. The summed E-state index contributed by atoms with van der Waals surface area (Å²) in [6.45, 7) is 6.81. The Morgan fingerprint density at radius 3 is 2.46 bits per heavy atom. The summed E-state index contributed by atoms with van der Waals surface area (Å²) in [5.41, 5.74) is 1.38. The van der Waals surface area contributed by atoms with Gasteiger partial charge < -0.3 is 19.9 Å². The number of benzene rings is 1. The molecule has 7 nitrogen and oxygen atoms in total. The van der Waals surface area contributed by atoms with E-state index in [1.807, 2.05) is 13.8 Å². The van der Waals surface area contributed by atoms with Crippen LogP contribution in [0.25, 0.3) is 0 Å². The lowest BCUT2D eigenvalue weighted by molar-refractivity contribution is -0.129. The maximum absolute atomic E-state index is 12.4. The molecule has 1 aromatic carbocycles. The predicted molar refractivity (Wildman–Crippen MR) is 98.6 cm³/mol. The zero-order chi connectivity index (χ0) is 18.9. The highest BCUT2D eigenvalue weighted by molar-refractivity contribution is 5.81. The number of anilines is 1. The Morgan fingerprint density at radius 1 is 1.15 bits per heavy atom. The van der Waals surface area contributed by atoms with Crippen molar-refractivity contribution < 1.29 is 14.3 Å². The number of carbonyl (C=O) groups is 2. The van der Waals surface area contributed by atoms with Gasteiger partial charge in [-0.15, -0.1) is 0 Å².